The Morgan fingerprint density at radius 1 is 1.22 bits per heavy atom. The van der Waals surface area contributed by atoms with Crippen LogP contribution in [0.25, 0.3) is 5.69 Å². The molecule has 0 unspecified atom stereocenters. The van der Waals surface area contributed by atoms with Crippen LogP contribution in [0.3, 0.4) is 0 Å². The number of amides is 1. The maximum atomic E-state index is 12.5. The summed E-state index contributed by atoms with van der Waals surface area (Å²) in [6.07, 6.45) is 0.709. The Bertz CT molecular complexity index is 799. The fourth-order valence-corrected chi connectivity index (χ4v) is 2.61. The van der Waals surface area contributed by atoms with E-state index in [1.54, 1.807) is 13.8 Å². The summed E-state index contributed by atoms with van der Waals surface area (Å²) in [5, 5.41) is 19.9. The minimum absolute atomic E-state index is 0.0759. The monoisotopic (exact) mass is 374 g/mol. The predicted octanol–water partition coefficient (Wildman–Crippen LogP) is 2.59. The molecule has 2 N–H and O–H groups in total. The van der Waals surface area contributed by atoms with Gasteiger partial charge in [0.2, 0.25) is 0 Å². The van der Waals surface area contributed by atoms with Crippen molar-refractivity contribution in [2.45, 2.75) is 53.2 Å². The molecule has 2 aromatic rings. The molecule has 1 aromatic heterocycles. The van der Waals surface area contributed by atoms with Crippen molar-refractivity contribution in [1.82, 2.24) is 20.3 Å². The number of hydrogen-bond donors (Lipinski definition) is 2. The first-order valence-corrected chi connectivity index (χ1v) is 8.97. The number of nitrogens with zero attached hydrogens (tertiary/aromatic N) is 3. The lowest BCUT2D eigenvalue weighted by atomic mass is 9.99. The Morgan fingerprint density at radius 2 is 1.85 bits per heavy atom. The van der Waals surface area contributed by atoms with Gasteiger partial charge >= 0.3 is 5.97 Å². The van der Waals surface area contributed by atoms with Crippen LogP contribution >= 0.6 is 0 Å². The molecule has 0 aliphatic heterocycles. The molecular formula is C19H26N4O4. The average Bonchev–Trinajstić information content (AvgIpc) is 3.00. The van der Waals surface area contributed by atoms with Gasteiger partial charge in [-0.1, -0.05) is 25.5 Å². The zero-order chi connectivity index (χ0) is 20.1. The normalized spacial score (nSPS) is 13.3. The fraction of sp³-hybridized carbons (Fsp3) is 0.474. The van der Waals surface area contributed by atoms with Gasteiger partial charge in [0.15, 0.2) is 5.69 Å². The standard InChI is InChI=1S/C19H26N4O4/c1-6-12(4)16(19(25)26)20-18(24)17-13(5)23(22-21-17)14-7-9-15(10-8-14)27-11(2)3/h7-12,16H,6H2,1-5H3,(H,20,24)(H,25,26)/t12-,16-/m0/s1. The number of carbonyl (C=O) groups excluding carboxylic acids is 1. The average molecular weight is 374 g/mol. The quantitative estimate of drug-likeness (QED) is 0.736. The van der Waals surface area contributed by atoms with E-state index in [0.717, 1.165) is 11.4 Å². The largest absolute Gasteiger partial charge is 0.491 e. The molecule has 1 amide bonds. The van der Waals surface area contributed by atoms with E-state index in [-0.39, 0.29) is 17.7 Å². The van der Waals surface area contributed by atoms with Crippen molar-refractivity contribution in [2.24, 2.45) is 5.92 Å². The third kappa shape index (κ3) is 4.84. The van der Waals surface area contributed by atoms with Gasteiger partial charge in [0, 0.05) is 0 Å². The molecule has 0 radical (unpaired) electrons. The van der Waals surface area contributed by atoms with Crippen LogP contribution in [-0.2, 0) is 4.79 Å². The highest BCUT2D eigenvalue weighted by atomic mass is 16.5. The second kappa shape index (κ2) is 8.66. The van der Waals surface area contributed by atoms with E-state index in [2.05, 4.69) is 15.6 Å². The Labute approximate surface area is 158 Å². The molecule has 0 bridgehead atoms. The highest BCUT2D eigenvalue weighted by Crippen LogP contribution is 2.18. The number of carboxylic acid groups (broad SMARTS) is 1. The van der Waals surface area contributed by atoms with Crippen LogP contribution < -0.4 is 10.1 Å². The van der Waals surface area contributed by atoms with Crippen LogP contribution in [0.15, 0.2) is 24.3 Å². The number of carbonyl (C=O) groups is 2. The Morgan fingerprint density at radius 3 is 2.37 bits per heavy atom. The van der Waals surface area contributed by atoms with Crippen molar-refractivity contribution < 1.29 is 19.4 Å². The van der Waals surface area contributed by atoms with Crippen LogP contribution in [0.1, 0.15) is 50.3 Å². The maximum absolute atomic E-state index is 12.5. The highest BCUT2D eigenvalue weighted by molar-refractivity contribution is 5.95. The molecule has 0 saturated heterocycles. The molecule has 146 valence electrons. The SMILES string of the molecule is CC[C@H](C)[C@H](NC(=O)c1nnn(-c2ccc(OC(C)C)cc2)c1C)C(=O)O. The molecule has 0 fully saturated rings. The van der Waals surface area contributed by atoms with Crippen molar-refractivity contribution in [3.8, 4) is 11.4 Å². The number of rotatable bonds is 8. The maximum Gasteiger partial charge on any atom is 0.326 e. The number of benzene rings is 1. The molecule has 27 heavy (non-hydrogen) atoms. The number of aromatic nitrogens is 3. The summed E-state index contributed by atoms with van der Waals surface area (Å²) in [4.78, 5) is 23.9. The molecule has 2 atom stereocenters. The molecule has 1 heterocycles. The van der Waals surface area contributed by atoms with Gasteiger partial charge in [0.1, 0.15) is 11.8 Å². The molecule has 0 aliphatic rings. The first kappa shape index (κ1) is 20.4. The molecule has 0 saturated carbocycles. The van der Waals surface area contributed by atoms with Crippen LogP contribution in [0.5, 0.6) is 5.75 Å². The van der Waals surface area contributed by atoms with Crippen LogP contribution in [0.4, 0.5) is 0 Å². The van der Waals surface area contributed by atoms with E-state index in [0.29, 0.717) is 12.1 Å². The summed E-state index contributed by atoms with van der Waals surface area (Å²) in [5.41, 5.74) is 1.36. The summed E-state index contributed by atoms with van der Waals surface area (Å²) in [6, 6.07) is 6.30. The van der Waals surface area contributed by atoms with Crippen LogP contribution in [0, 0.1) is 12.8 Å². The topological polar surface area (TPSA) is 106 Å². The summed E-state index contributed by atoms with van der Waals surface area (Å²) in [5.74, 6) is -1.08. The van der Waals surface area contributed by atoms with E-state index in [1.807, 2.05) is 45.0 Å². The first-order chi connectivity index (χ1) is 12.7. The molecular weight excluding hydrogens is 348 g/mol. The molecule has 0 spiro atoms. The predicted molar refractivity (Wildman–Crippen MR) is 100 cm³/mol. The minimum atomic E-state index is -1.07. The van der Waals surface area contributed by atoms with Crippen LogP contribution in [-0.4, -0.2) is 44.1 Å². The zero-order valence-electron chi connectivity index (χ0n) is 16.3. The van der Waals surface area contributed by atoms with E-state index < -0.39 is 17.9 Å². The van der Waals surface area contributed by atoms with Gasteiger partial charge in [-0.3, -0.25) is 4.79 Å². The smallest absolute Gasteiger partial charge is 0.326 e. The van der Waals surface area contributed by atoms with Crippen molar-refractivity contribution >= 4 is 11.9 Å². The molecule has 2 rings (SSSR count). The van der Waals surface area contributed by atoms with Gasteiger partial charge in [-0.05, 0) is 51.0 Å². The second-order valence-electron chi connectivity index (χ2n) is 6.77. The Balaban J connectivity index is 2.21. The van der Waals surface area contributed by atoms with Crippen LogP contribution in [0.2, 0.25) is 0 Å². The molecule has 8 nitrogen and oxygen atoms in total. The van der Waals surface area contributed by atoms with E-state index in [9.17, 15) is 14.7 Å². The third-order valence-corrected chi connectivity index (χ3v) is 4.33. The second-order valence-corrected chi connectivity index (χ2v) is 6.77. The number of nitrogens with one attached hydrogen (secondary N) is 1. The summed E-state index contributed by atoms with van der Waals surface area (Å²) in [6.45, 7) is 9.27. The minimum Gasteiger partial charge on any atom is -0.491 e. The first-order valence-electron chi connectivity index (χ1n) is 8.97. The third-order valence-electron chi connectivity index (χ3n) is 4.33. The lowest BCUT2D eigenvalue weighted by molar-refractivity contribution is -0.140. The number of ether oxygens (including phenoxy) is 1. The molecule has 8 heteroatoms. The van der Waals surface area contributed by atoms with E-state index in [4.69, 9.17) is 4.74 Å². The highest BCUT2D eigenvalue weighted by Gasteiger charge is 2.28. The van der Waals surface area contributed by atoms with E-state index >= 15 is 0 Å². The molecule has 1 aromatic carbocycles. The zero-order valence-corrected chi connectivity index (χ0v) is 16.3. The van der Waals surface area contributed by atoms with Crippen molar-refractivity contribution in [3.05, 3.63) is 35.7 Å². The lowest BCUT2D eigenvalue weighted by Crippen LogP contribution is -2.45. The van der Waals surface area contributed by atoms with Gasteiger partial charge < -0.3 is 15.2 Å². The van der Waals surface area contributed by atoms with Gasteiger partial charge in [-0.15, -0.1) is 5.10 Å². The summed E-state index contributed by atoms with van der Waals surface area (Å²) >= 11 is 0. The van der Waals surface area contributed by atoms with Crippen molar-refractivity contribution in [1.29, 1.82) is 0 Å². The fourth-order valence-electron chi connectivity index (χ4n) is 2.61. The van der Waals surface area contributed by atoms with Gasteiger partial charge in [-0.25, -0.2) is 9.48 Å². The Hall–Kier alpha value is -2.90. The molecule has 0 aliphatic carbocycles. The van der Waals surface area contributed by atoms with Gasteiger partial charge in [0.05, 0.1) is 17.5 Å². The van der Waals surface area contributed by atoms with Crippen molar-refractivity contribution in [2.75, 3.05) is 0 Å². The lowest BCUT2D eigenvalue weighted by Gasteiger charge is -2.19. The van der Waals surface area contributed by atoms with Gasteiger partial charge in [-0.2, -0.15) is 0 Å². The number of carboxylic acids is 1. The van der Waals surface area contributed by atoms with Crippen molar-refractivity contribution in [3.63, 3.8) is 0 Å². The Kier molecular flexibility index (Phi) is 6.55. The number of aliphatic carboxylic acids is 1. The summed E-state index contributed by atoms with van der Waals surface area (Å²) < 4.78 is 7.15. The van der Waals surface area contributed by atoms with E-state index in [1.165, 1.54) is 4.68 Å². The van der Waals surface area contributed by atoms with Gasteiger partial charge in [0.25, 0.3) is 5.91 Å². The number of hydrogen-bond acceptors (Lipinski definition) is 5. The summed E-state index contributed by atoms with van der Waals surface area (Å²) in [7, 11) is 0.